The molecule has 1 fully saturated rings. The summed E-state index contributed by atoms with van der Waals surface area (Å²) in [5.74, 6) is -1.24. The van der Waals surface area contributed by atoms with E-state index >= 15 is 0 Å². The van der Waals surface area contributed by atoms with E-state index < -0.39 is 12.3 Å². The summed E-state index contributed by atoms with van der Waals surface area (Å²) in [5, 5.41) is 10.4. The summed E-state index contributed by atoms with van der Waals surface area (Å²) in [5.41, 5.74) is 0.624. The zero-order valence-corrected chi connectivity index (χ0v) is 10.3. The van der Waals surface area contributed by atoms with Crippen LogP contribution >= 0.6 is 0 Å². The minimum absolute atomic E-state index is 0. The fraction of sp³-hybridized carbons (Fsp3) is 0.333. The van der Waals surface area contributed by atoms with E-state index in [1.807, 2.05) is 0 Å². The summed E-state index contributed by atoms with van der Waals surface area (Å²) in [4.78, 5) is 14.3. The molecule has 1 aromatic heterocycles. The summed E-state index contributed by atoms with van der Waals surface area (Å²) >= 11 is 0. The van der Waals surface area contributed by atoms with E-state index in [-0.39, 0.29) is 35.1 Å². The Morgan fingerprint density at radius 2 is 2.07 bits per heavy atom. The number of rotatable bonds is 2. The van der Waals surface area contributed by atoms with Gasteiger partial charge in [0.1, 0.15) is 0 Å². The van der Waals surface area contributed by atoms with Crippen molar-refractivity contribution in [2.24, 2.45) is 0 Å². The first-order chi connectivity index (χ1) is 6.77. The third-order valence-corrected chi connectivity index (χ3v) is 1.89. The molecule has 74 valence electrons. The minimum Gasteiger partial charge on any atom is -0.545 e. The summed E-state index contributed by atoms with van der Waals surface area (Å²) in [7, 11) is 0. The van der Waals surface area contributed by atoms with Crippen LogP contribution in [-0.2, 0) is 9.47 Å². The molecular formula is C9H8NNaO4. The number of aromatic carboxylic acids is 1. The third-order valence-electron chi connectivity index (χ3n) is 1.89. The number of pyridine rings is 1. The SMILES string of the molecule is O=C([O-])c1ccc(C2OCCO2)nc1.[Na+]. The van der Waals surface area contributed by atoms with Gasteiger partial charge >= 0.3 is 29.6 Å². The number of aromatic nitrogens is 1. The predicted octanol–water partition coefficient (Wildman–Crippen LogP) is -3.51. The van der Waals surface area contributed by atoms with Crippen molar-refractivity contribution in [1.29, 1.82) is 0 Å². The second-order valence-corrected chi connectivity index (χ2v) is 2.83. The van der Waals surface area contributed by atoms with E-state index in [1.54, 1.807) is 6.07 Å². The first-order valence-corrected chi connectivity index (χ1v) is 4.18. The van der Waals surface area contributed by atoms with Crippen LogP contribution < -0.4 is 34.7 Å². The van der Waals surface area contributed by atoms with Crippen LogP contribution in [0, 0.1) is 0 Å². The van der Waals surface area contributed by atoms with Gasteiger partial charge in [0, 0.05) is 11.8 Å². The number of ether oxygens (including phenoxy) is 2. The van der Waals surface area contributed by atoms with Gasteiger partial charge in [0.25, 0.3) is 0 Å². The second kappa shape index (κ2) is 5.58. The Hall–Kier alpha value is -0.460. The Morgan fingerprint density at radius 3 is 2.53 bits per heavy atom. The van der Waals surface area contributed by atoms with E-state index in [1.165, 1.54) is 12.3 Å². The molecule has 0 bridgehead atoms. The smallest absolute Gasteiger partial charge is 0.545 e. The fourth-order valence-corrected chi connectivity index (χ4v) is 1.19. The Bertz CT molecular complexity index is 334. The number of carboxylic acids is 1. The molecular weight excluding hydrogens is 209 g/mol. The summed E-state index contributed by atoms with van der Waals surface area (Å²) in [6.07, 6.45) is 0.765. The third kappa shape index (κ3) is 2.99. The van der Waals surface area contributed by atoms with Crippen molar-refractivity contribution in [3.8, 4) is 0 Å². The molecule has 0 radical (unpaired) electrons. The van der Waals surface area contributed by atoms with Crippen LogP contribution in [0.4, 0.5) is 0 Å². The van der Waals surface area contributed by atoms with Gasteiger partial charge in [0.15, 0.2) is 0 Å². The molecule has 1 aromatic rings. The quantitative estimate of drug-likeness (QED) is 0.480. The van der Waals surface area contributed by atoms with E-state index in [9.17, 15) is 9.90 Å². The number of hydrogen-bond donors (Lipinski definition) is 0. The van der Waals surface area contributed by atoms with Crippen LogP contribution in [0.2, 0.25) is 0 Å². The maximum absolute atomic E-state index is 10.4. The molecule has 0 N–H and O–H groups in total. The number of carbonyl (C=O) groups is 1. The van der Waals surface area contributed by atoms with Crippen LogP contribution in [-0.4, -0.2) is 24.2 Å². The Kier molecular flexibility index (Phi) is 4.69. The molecule has 15 heavy (non-hydrogen) atoms. The van der Waals surface area contributed by atoms with Gasteiger partial charge in [-0.2, -0.15) is 0 Å². The number of nitrogens with zero attached hydrogens (tertiary/aromatic N) is 1. The average Bonchev–Trinajstić information content (AvgIpc) is 2.71. The summed E-state index contributed by atoms with van der Waals surface area (Å²) in [6.45, 7) is 1.07. The predicted molar refractivity (Wildman–Crippen MR) is 43.2 cm³/mol. The second-order valence-electron chi connectivity index (χ2n) is 2.83. The maximum Gasteiger partial charge on any atom is 1.00 e. The Balaban J connectivity index is 0.00000112. The zero-order valence-electron chi connectivity index (χ0n) is 8.30. The van der Waals surface area contributed by atoms with Crippen molar-refractivity contribution in [3.63, 3.8) is 0 Å². The largest absolute Gasteiger partial charge is 1.00 e. The van der Waals surface area contributed by atoms with E-state index in [4.69, 9.17) is 9.47 Å². The molecule has 5 nitrogen and oxygen atoms in total. The molecule has 0 unspecified atom stereocenters. The number of carboxylic acid groups (broad SMARTS) is 1. The summed E-state index contributed by atoms with van der Waals surface area (Å²) in [6, 6.07) is 2.98. The van der Waals surface area contributed by atoms with Gasteiger partial charge < -0.3 is 19.4 Å². The van der Waals surface area contributed by atoms with E-state index in [0.29, 0.717) is 18.9 Å². The van der Waals surface area contributed by atoms with Gasteiger partial charge in [0.05, 0.1) is 24.9 Å². The minimum atomic E-state index is -1.24. The number of hydrogen-bond acceptors (Lipinski definition) is 5. The molecule has 1 saturated heterocycles. The average molecular weight is 217 g/mol. The molecule has 6 heteroatoms. The molecule has 0 amide bonds. The van der Waals surface area contributed by atoms with Gasteiger partial charge in [-0.1, -0.05) is 0 Å². The molecule has 1 aliphatic heterocycles. The summed E-state index contributed by atoms with van der Waals surface area (Å²) < 4.78 is 10.4. The van der Waals surface area contributed by atoms with Crippen molar-refractivity contribution in [2.75, 3.05) is 13.2 Å². The van der Waals surface area contributed by atoms with Gasteiger partial charge in [-0.05, 0) is 12.1 Å². The zero-order chi connectivity index (χ0) is 9.97. The molecule has 2 rings (SSSR count). The van der Waals surface area contributed by atoms with Gasteiger partial charge in [-0.3, -0.25) is 4.98 Å². The molecule has 0 atom stereocenters. The maximum atomic E-state index is 10.4. The van der Waals surface area contributed by atoms with E-state index in [2.05, 4.69) is 4.98 Å². The molecule has 2 heterocycles. The van der Waals surface area contributed by atoms with Crippen molar-refractivity contribution < 1.29 is 48.9 Å². The normalized spacial score (nSPS) is 16.0. The molecule has 0 aliphatic carbocycles. The Labute approximate surface area is 109 Å². The fourth-order valence-electron chi connectivity index (χ4n) is 1.19. The first-order valence-electron chi connectivity index (χ1n) is 4.18. The topological polar surface area (TPSA) is 71.5 Å². The molecule has 0 saturated carbocycles. The van der Waals surface area contributed by atoms with Gasteiger partial charge in [0.2, 0.25) is 6.29 Å². The van der Waals surface area contributed by atoms with Crippen molar-refractivity contribution in [1.82, 2.24) is 4.98 Å². The van der Waals surface area contributed by atoms with Crippen LogP contribution in [0.15, 0.2) is 18.3 Å². The van der Waals surface area contributed by atoms with Crippen molar-refractivity contribution >= 4 is 5.97 Å². The van der Waals surface area contributed by atoms with Crippen molar-refractivity contribution in [3.05, 3.63) is 29.6 Å². The van der Waals surface area contributed by atoms with Crippen molar-refractivity contribution in [2.45, 2.75) is 6.29 Å². The monoisotopic (exact) mass is 217 g/mol. The van der Waals surface area contributed by atoms with Crippen LogP contribution in [0.3, 0.4) is 0 Å². The van der Waals surface area contributed by atoms with Crippen LogP contribution in [0.25, 0.3) is 0 Å². The van der Waals surface area contributed by atoms with Crippen LogP contribution in [0.5, 0.6) is 0 Å². The van der Waals surface area contributed by atoms with Gasteiger partial charge in [-0.25, -0.2) is 0 Å². The van der Waals surface area contributed by atoms with Gasteiger partial charge in [-0.15, -0.1) is 0 Å². The first kappa shape index (κ1) is 12.6. The van der Waals surface area contributed by atoms with E-state index in [0.717, 1.165) is 0 Å². The molecule has 0 spiro atoms. The van der Waals surface area contributed by atoms with Crippen LogP contribution in [0.1, 0.15) is 22.3 Å². The number of carbonyl (C=O) groups excluding carboxylic acids is 1. The standard InChI is InChI=1S/C9H9NO4.Na/c11-8(12)6-1-2-7(10-5-6)9-13-3-4-14-9;/h1-2,5,9H,3-4H2,(H,11,12);/q;+1/p-1. The Morgan fingerprint density at radius 1 is 1.40 bits per heavy atom. The molecule has 0 aromatic carbocycles. The molecule has 1 aliphatic rings.